The number of carbonyl (C=O) groups excluding carboxylic acids is 3. The molecule has 9 nitrogen and oxygen atoms in total. The van der Waals surface area contributed by atoms with Crippen molar-refractivity contribution in [1.29, 1.82) is 0 Å². The number of benzene rings is 1. The van der Waals surface area contributed by atoms with Crippen LogP contribution in [0.15, 0.2) is 36.7 Å². The molecule has 0 spiro atoms. The second-order valence-corrected chi connectivity index (χ2v) is 7.40. The van der Waals surface area contributed by atoms with E-state index in [2.05, 4.69) is 15.7 Å². The Balaban J connectivity index is 1.33. The van der Waals surface area contributed by atoms with Crippen LogP contribution in [0.1, 0.15) is 23.7 Å². The van der Waals surface area contributed by atoms with Gasteiger partial charge in [-0.3, -0.25) is 19.6 Å². The number of morpholine rings is 1. The summed E-state index contributed by atoms with van der Waals surface area (Å²) < 4.78 is 7.48. The van der Waals surface area contributed by atoms with Crippen LogP contribution >= 0.6 is 0 Å². The number of carbonyl (C=O) groups is 3. The van der Waals surface area contributed by atoms with Gasteiger partial charge in [-0.2, -0.15) is 5.10 Å². The molecule has 0 radical (unpaired) electrons. The monoisotopic (exact) mass is 397 g/mol. The predicted octanol–water partition coefficient (Wildman–Crippen LogP) is 1.23. The van der Waals surface area contributed by atoms with Gasteiger partial charge in [-0.15, -0.1) is 0 Å². The van der Waals surface area contributed by atoms with Crippen LogP contribution in [0.2, 0.25) is 0 Å². The molecular weight excluding hydrogens is 374 g/mol. The smallest absolute Gasteiger partial charge is 0.322 e. The molecule has 4 amide bonds. The zero-order valence-corrected chi connectivity index (χ0v) is 16.1. The average molecular weight is 397 g/mol. The molecule has 2 saturated heterocycles. The minimum Gasteiger partial charge on any atom is -0.370 e. The number of ether oxygens (including phenoxy) is 1. The molecule has 2 atom stereocenters. The van der Waals surface area contributed by atoms with Crippen molar-refractivity contribution in [3.63, 3.8) is 0 Å². The first kappa shape index (κ1) is 19.1. The highest BCUT2D eigenvalue weighted by molar-refractivity contribution is 6.03. The molecule has 29 heavy (non-hydrogen) atoms. The normalized spacial score (nSPS) is 21.9. The topological polar surface area (TPSA) is 106 Å². The Labute approximate surface area is 168 Å². The average Bonchev–Trinajstić information content (AvgIpc) is 3.28. The van der Waals surface area contributed by atoms with Gasteiger partial charge in [0.05, 0.1) is 25.3 Å². The Morgan fingerprint density at radius 2 is 2.10 bits per heavy atom. The number of nitrogens with one attached hydrogen (secondary N) is 2. The molecule has 2 aliphatic heterocycles. The molecule has 3 heterocycles. The van der Waals surface area contributed by atoms with E-state index >= 15 is 0 Å². The third-order valence-electron chi connectivity index (χ3n) is 5.20. The Hall–Kier alpha value is -3.20. The molecular formula is C20H23N5O4. The lowest BCUT2D eigenvalue weighted by Crippen LogP contribution is -2.44. The number of hydrogen-bond donors (Lipinski definition) is 2. The first-order chi connectivity index (χ1) is 14.0. The van der Waals surface area contributed by atoms with Gasteiger partial charge in [0, 0.05) is 37.5 Å². The summed E-state index contributed by atoms with van der Waals surface area (Å²) in [5, 5.41) is 9.38. The first-order valence-corrected chi connectivity index (χ1v) is 9.56. The van der Waals surface area contributed by atoms with Crippen molar-refractivity contribution in [1.82, 2.24) is 20.0 Å². The summed E-state index contributed by atoms with van der Waals surface area (Å²) in [6.07, 6.45) is 4.19. The van der Waals surface area contributed by atoms with E-state index in [1.54, 1.807) is 27.9 Å². The molecule has 2 aliphatic rings. The molecule has 4 rings (SSSR count). The molecule has 2 unspecified atom stereocenters. The quantitative estimate of drug-likeness (QED) is 0.755. The number of urea groups is 1. The van der Waals surface area contributed by atoms with Crippen molar-refractivity contribution in [2.24, 2.45) is 13.0 Å². The minimum absolute atomic E-state index is 0.185. The molecule has 0 aliphatic carbocycles. The highest BCUT2D eigenvalue weighted by Gasteiger charge is 2.30. The Morgan fingerprint density at radius 1 is 1.31 bits per heavy atom. The van der Waals surface area contributed by atoms with Gasteiger partial charge in [0.25, 0.3) is 0 Å². The first-order valence-electron chi connectivity index (χ1n) is 9.56. The SMILES string of the molecule is Cn1cc(C2CN(C(=O)Nc3ccc(CC4CC(=O)NC4=O)cc3)CCO2)cn1. The van der Waals surface area contributed by atoms with Crippen molar-refractivity contribution in [2.75, 3.05) is 25.0 Å². The van der Waals surface area contributed by atoms with Crippen molar-refractivity contribution in [3.8, 4) is 0 Å². The second kappa shape index (κ2) is 8.04. The van der Waals surface area contributed by atoms with E-state index in [0.717, 1.165) is 11.1 Å². The van der Waals surface area contributed by atoms with Crippen LogP contribution in [-0.2, 0) is 27.8 Å². The molecule has 0 bridgehead atoms. The maximum Gasteiger partial charge on any atom is 0.322 e. The third-order valence-corrected chi connectivity index (χ3v) is 5.20. The summed E-state index contributed by atoms with van der Waals surface area (Å²) >= 11 is 0. The van der Waals surface area contributed by atoms with Gasteiger partial charge in [-0.1, -0.05) is 12.1 Å². The van der Waals surface area contributed by atoms with Crippen LogP contribution in [-0.4, -0.2) is 52.2 Å². The van der Waals surface area contributed by atoms with Crippen molar-refractivity contribution >= 4 is 23.5 Å². The van der Waals surface area contributed by atoms with Gasteiger partial charge < -0.3 is 15.0 Å². The summed E-state index contributed by atoms with van der Waals surface area (Å²) in [6.45, 7) is 1.44. The fraction of sp³-hybridized carbons (Fsp3) is 0.400. The predicted molar refractivity (Wildman–Crippen MR) is 104 cm³/mol. The van der Waals surface area contributed by atoms with Gasteiger partial charge in [0.15, 0.2) is 0 Å². The van der Waals surface area contributed by atoms with Crippen LogP contribution in [0.3, 0.4) is 0 Å². The summed E-state index contributed by atoms with van der Waals surface area (Å²) in [6, 6.07) is 7.16. The van der Waals surface area contributed by atoms with Crippen molar-refractivity contribution in [3.05, 3.63) is 47.8 Å². The van der Waals surface area contributed by atoms with Crippen LogP contribution in [0.25, 0.3) is 0 Å². The molecule has 2 aromatic rings. The zero-order chi connectivity index (χ0) is 20.4. The molecule has 0 saturated carbocycles. The van der Waals surface area contributed by atoms with E-state index in [-0.39, 0.29) is 36.3 Å². The van der Waals surface area contributed by atoms with Gasteiger partial charge in [0.1, 0.15) is 6.10 Å². The lowest BCUT2D eigenvalue weighted by Gasteiger charge is -2.32. The zero-order valence-electron chi connectivity index (χ0n) is 16.1. The molecule has 1 aromatic carbocycles. The molecule has 2 N–H and O–H groups in total. The molecule has 9 heteroatoms. The van der Waals surface area contributed by atoms with E-state index in [1.807, 2.05) is 25.4 Å². The van der Waals surface area contributed by atoms with E-state index in [1.165, 1.54) is 0 Å². The lowest BCUT2D eigenvalue weighted by molar-refractivity contribution is -0.125. The van der Waals surface area contributed by atoms with E-state index < -0.39 is 0 Å². The van der Waals surface area contributed by atoms with E-state index in [4.69, 9.17) is 4.74 Å². The number of hydrogen-bond acceptors (Lipinski definition) is 5. The fourth-order valence-corrected chi connectivity index (χ4v) is 3.62. The number of nitrogens with zero attached hydrogens (tertiary/aromatic N) is 3. The van der Waals surface area contributed by atoms with Crippen molar-refractivity contribution < 1.29 is 19.1 Å². The van der Waals surface area contributed by atoms with Crippen molar-refractivity contribution in [2.45, 2.75) is 18.9 Å². The molecule has 2 fully saturated rings. The van der Waals surface area contributed by atoms with E-state index in [9.17, 15) is 14.4 Å². The standard InChI is InChI=1S/C20H23N5O4/c1-24-11-15(10-21-24)17-12-25(6-7-29-17)20(28)22-16-4-2-13(3-5-16)8-14-9-18(26)23-19(14)27/h2-5,10-11,14,17H,6-9,12H2,1H3,(H,22,28)(H,23,26,27). The van der Waals surface area contributed by atoms with Gasteiger partial charge >= 0.3 is 6.03 Å². The second-order valence-electron chi connectivity index (χ2n) is 7.40. The number of aryl methyl sites for hydroxylation is 1. The Bertz CT molecular complexity index is 923. The summed E-state index contributed by atoms with van der Waals surface area (Å²) in [7, 11) is 1.84. The minimum atomic E-state index is -0.319. The van der Waals surface area contributed by atoms with Crippen LogP contribution < -0.4 is 10.6 Å². The number of rotatable bonds is 4. The Kier molecular flexibility index (Phi) is 5.30. The maximum absolute atomic E-state index is 12.6. The number of imide groups is 1. The third kappa shape index (κ3) is 4.45. The number of anilines is 1. The number of amides is 4. The highest BCUT2D eigenvalue weighted by atomic mass is 16.5. The molecule has 1 aromatic heterocycles. The number of aromatic nitrogens is 2. The van der Waals surface area contributed by atoms with Gasteiger partial charge in [0.2, 0.25) is 11.8 Å². The molecule has 152 valence electrons. The fourth-order valence-electron chi connectivity index (χ4n) is 3.62. The lowest BCUT2D eigenvalue weighted by atomic mass is 9.98. The summed E-state index contributed by atoms with van der Waals surface area (Å²) in [4.78, 5) is 37.4. The van der Waals surface area contributed by atoms with E-state index in [0.29, 0.717) is 31.8 Å². The summed E-state index contributed by atoms with van der Waals surface area (Å²) in [5.41, 5.74) is 2.57. The van der Waals surface area contributed by atoms with Crippen LogP contribution in [0, 0.1) is 5.92 Å². The largest absolute Gasteiger partial charge is 0.370 e. The van der Waals surface area contributed by atoms with Gasteiger partial charge in [-0.05, 0) is 24.1 Å². The summed E-state index contributed by atoms with van der Waals surface area (Å²) in [5.74, 6) is -0.762. The highest BCUT2D eigenvalue weighted by Crippen LogP contribution is 2.23. The maximum atomic E-state index is 12.6. The Morgan fingerprint density at radius 3 is 2.76 bits per heavy atom. The van der Waals surface area contributed by atoms with Gasteiger partial charge in [-0.25, -0.2) is 4.79 Å². The van der Waals surface area contributed by atoms with Crippen LogP contribution in [0.4, 0.5) is 10.5 Å². The van der Waals surface area contributed by atoms with Crippen LogP contribution in [0.5, 0.6) is 0 Å².